The summed E-state index contributed by atoms with van der Waals surface area (Å²) in [6.45, 7) is 6.82. The Bertz CT molecular complexity index is 519. The van der Waals surface area contributed by atoms with Crippen LogP contribution in [0.2, 0.25) is 0 Å². The third-order valence-corrected chi connectivity index (χ3v) is 2.80. The molecule has 0 amide bonds. The Labute approximate surface area is 122 Å². The molecule has 0 fully saturated rings. The minimum absolute atomic E-state index is 0.0623. The van der Waals surface area contributed by atoms with E-state index in [1.807, 2.05) is 0 Å². The Hall–Kier alpha value is -2.22. The molecule has 8 heteroatoms. The fraction of sp³-hybridized carbons (Fsp3) is 0.538. The van der Waals surface area contributed by atoms with Gasteiger partial charge in [-0.2, -0.15) is 5.11 Å². The quantitative estimate of drug-likeness (QED) is 0.406. The molecule has 0 aromatic heterocycles. The molecule has 116 valence electrons. The van der Waals surface area contributed by atoms with Crippen LogP contribution in [0.1, 0.15) is 27.7 Å². The number of aliphatic carboxylic acids is 1. The molecule has 0 saturated heterocycles. The number of hydrazine groups is 1. The Morgan fingerprint density at radius 1 is 1.52 bits per heavy atom. The average Bonchev–Trinajstić information content (AvgIpc) is 2.30. The number of carboxylic acid groups (broad SMARTS) is 1. The second kappa shape index (κ2) is 6.04. The van der Waals surface area contributed by atoms with Gasteiger partial charge in [-0.15, -0.1) is 0 Å². The van der Waals surface area contributed by atoms with Crippen LogP contribution in [0.5, 0.6) is 0 Å². The van der Waals surface area contributed by atoms with E-state index >= 15 is 0 Å². The number of hydrogen-bond donors (Lipinski definition) is 3. The zero-order valence-electron chi connectivity index (χ0n) is 12.5. The Kier molecular flexibility index (Phi) is 4.84. The summed E-state index contributed by atoms with van der Waals surface area (Å²) < 4.78 is 5.26. The second-order valence-corrected chi connectivity index (χ2v) is 5.70. The molecule has 2 atom stereocenters. The highest BCUT2D eigenvalue weighted by molar-refractivity contribution is 5.90. The van der Waals surface area contributed by atoms with Crippen LogP contribution >= 0.6 is 0 Å². The van der Waals surface area contributed by atoms with Gasteiger partial charge < -0.3 is 9.84 Å². The predicted molar refractivity (Wildman–Crippen MR) is 74.1 cm³/mol. The summed E-state index contributed by atoms with van der Waals surface area (Å²) in [6, 6.07) is -2.32. The van der Waals surface area contributed by atoms with Crippen molar-refractivity contribution in [1.29, 1.82) is 5.53 Å². The lowest BCUT2D eigenvalue weighted by Gasteiger charge is -2.34. The molecule has 1 rings (SSSR count). The number of carboxylic acids is 1. The molecular weight excluding hydrogens is 276 g/mol. The summed E-state index contributed by atoms with van der Waals surface area (Å²) >= 11 is 0. The van der Waals surface area contributed by atoms with Crippen LogP contribution in [0.3, 0.4) is 0 Å². The monoisotopic (exact) mass is 296 g/mol. The molecule has 8 nitrogen and oxygen atoms in total. The van der Waals surface area contributed by atoms with Crippen LogP contribution in [-0.4, -0.2) is 39.7 Å². The van der Waals surface area contributed by atoms with Gasteiger partial charge in [-0.1, -0.05) is 12.2 Å². The van der Waals surface area contributed by atoms with Crippen LogP contribution in [0.15, 0.2) is 28.5 Å². The van der Waals surface area contributed by atoms with Crippen molar-refractivity contribution < 1.29 is 19.4 Å². The smallest absolute Gasteiger partial charge is 0.356 e. The van der Waals surface area contributed by atoms with Crippen LogP contribution < -0.4 is 5.84 Å². The normalized spacial score (nSPS) is 20.2. The number of ether oxygens (including phenoxy) is 1. The first kappa shape index (κ1) is 16.8. The third-order valence-electron chi connectivity index (χ3n) is 2.80. The molecule has 21 heavy (non-hydrogen) atoms. The van der Waals surface area contributed by atoms with Gasteiger partial charge >= 0.3 is 11.9 Å². The molecule has 4 N–H and O–H groups in total. The van der Waals surface area contributed by atoms with Crippen LogP contribution in [0.4, 0.5) is 0 Å². The van der Waals surface area contributed by atoms with Crippen LogP contribution in [0, 0.1) is 5.53 Å². The first-order valence-corrected chi connectivity index (χ1v) is 6.34. The maximum Gasteiger partial charge on any atom is 0.356 e. The van der Waals surface area contributed by atoms with E-state index in [0.717, 1.165) is 5.01 Å². The molecular formula is C13H20N4O4. The minimum atomic E-state index is -1.39. The van der Waals surface area contributed by atoms with Crippen molar-refractivity contribution in [1.82, 2.24) is 5.01 Å². The van der Waals surface area contributed by atoms with Gasteiger partial charge in [0.25, 0.3) is 0 Å². The van der Waals surface area contributed by atoms with Gasteiger partial charge in [0.05, 0.1) is 6.04 Å². The summed E-state index contributed by atoms with van der Waals surface area (Å²) in [6.07, 6.45) is 3.08. The molecule has 1 heterocycles. The number of esters is 1. The molecule has 0 spiro atoms. The average molecular weight is 296 g/mol. The number of carbonyl (C=O) groups excluding carboxylic acids is 1. The molecule has 2 unspecified atom stereocenters. The molecule has 0 aromatic rings. The fourth-order valence-corrected chi connectivity index (χ4v) is 1.90. The van der Waals surface area contributed by atoms with Gasteiger partial charge in [0.1, 0.15) is 11.3 Å². The number of hydrogen-bond acceptors (Lipinski definition) is 7. The van der Waals surface area contributed by atoms with Crippen LogP contribution in [0.25, 0.3) is 0 Å². The molecule has 0 radical (unpaired) electrons. The fourth-order valence-electron chi connectivity index (χ4n) is 1.90. The van der Waals surface area contributed by atoms with Crippen molar-refractivity contribution in [2.45, 2.75) is 45.4 Å². The Balaban J connectivity index is 3.10. The Morgan fingerprint density at radius 3 is 2.52 bits per heavy atom. The number of nitrogens with one attached hydrogen (secondary N) is 1. The predicted octanol–water partition coefficient (Wildman–Crippen LogP) is 1.20. The summed E-state index contributed by atoms with van der Waals surface area (Å²) in [5.74, 6) is 3.92. The summed E-state index contributed by atoms with van der Waals surface area (Å²) in [7, 11) is 0. The minimum Gasteiger partial charge on any atom is -0.480 e. The highest BCUT2D eigenvalue weighted by Crippen LogP contribution is 2.24. The largest absolute Gasteiger partial charge is 0.480 e. The summed E-state index contributed by atoms with van der Waals surface area (Å²) in [4.78, 5) is 23.3. The lowest BCUT2D eigenvalue weighted by molar-refractivity contribution is -0.153. The second-order valence-electron chi connectivity index (χ2n) is 5.70. The summed E-state index contributed by atoms with van der Waals surface area (Å²) in [5, 5.41) is 13.1. The highest BCUT2D eigenvalue weighted by Gasteiger charge is 2.37. The SMILES string of the molecule is CC1=C(C(=O)OC(C)(C)C)N(N)C(C(N=N)C(=O)O)C=C1. The topological polar surface area (TPSA) is 129 Å². The van der Waals surface area contributed by atoms with E-state index in [1.54, 1.807) is 33.8 Å². The van der Waals surface area contributed by atoms with Gasteiger partial charge in [0.15, 0.2) is 6.04 Å². The van der Waals surface area contributed by atoms with Gasteiger partial charge in [-0.05, 0) is 33.3 Å². The first-order valence-electron chi connectivity index (χ1n) is 6.34. The lowest BCUT2D eigenvalue weighted by atomic mass is 10.0. The van der Waals surface area contributed by atoms with Gasteiger partial charge in [-0.25, -0.2) is 21.0 Å². The third kappa shape index (κ3) is 3.88. The van der Waals surface area contributed by atoms with Crippen molar-refractivity contribution in [3.05, 3.63) is 23.4 Å². The maximum absolute atomic E-state index is 12.2. The first-order chi connectivity index (χ1) is 9.58. The molecule has 0 aromatic carbocycles. The zero-order chi connectivity index (χ0) is 16.4. The molecule has 0 bridgehead atoms. The van der Waals surface area contributed by atoms with Crippen molar-refractivity contribution in [3.8, 4) is 0 Å². The molecule has 0 saturated carbocycles. The van der Waals surface area contributed by atoms with Crippen molar-refractivity contribution in [2.24, 2.45) is 11.0 Å². The zero-order valence-corrected chi connectivity index (χ0v) is 12.5. The van der Waals surface area contributed by atoms with Gasteiger partial charge in [0.2, 0.25) is 0 Å². The van der Waals surface area contributed by atoms with Crippen molar-refractivity contribution in [2.75, 3.05) is 0 Å². The number of nitrogens with zero attached hydrogens (tertiary/aromatic N) is 2. The van der Waals surface area contributed by atoms with Gasteiger partial charge in [-0.3, -0.25) is 5.01 Å². The van der Waals surface area contributed by atoms with E-state index in [-0.39, 0.29) is 5.70 Å². The maximum atomic E-state index is 12.2. The summed E-state index contributed by atoms with van der Waals surface area (Å²) in [5.41, 5.74) is 6.89. The Morgan fingerprint density at radius 2 is 2.10 bits per heavy atom. The lowest BCUT2D eigenvalue weighted by Crippen LogP contribution is -2.51. The number of allylic oxidation sites excluding steroid dienone is 2. The van der Waals surface area contributed by atoms with Crippen molar-refractivity contribution >= 4 is 11.9 Å². The van der Waals surface area contributed by atoms with Crippen LogP contribution in [-0.2, 0) is 14.3 Å². The van der Waals surface area contributed by atoms with Gasteiger partial charge in [0, 0.05) is 0 Å². The molecule has 1 aliphatic rings. The van der Waals surface area contributed by atoms with E-state index in [0.29, 0.717) is 5.57 Å². The standard InChI is InChI=1S/C13H20N4O4/c1-7-5-6-8(9(16-14)11(18)19)17(15)10(7)12(20)21-13(2,3)4/h5-6,8-9,14H,15H2,1-4H3,(H,18,19). The van der Waals surface area contributed by atoms with E-state index in [1.165, 1.54) is 6.08 Å². The van der Waals surface area contributed by atoms with E-state index in [4.69, 9.17) is 21.2 Å². The van der Waals surface area contributed by atoms with Crippen molar-refractivity contribution in [3.63, 3.8) is 0 Å². The number of rotatable bonds is 4. The number of nitrogens with two attached hydrogens (primary N) is 1. The number of carbonyl (C=O) groups is 2. The highest BCUT2D eigenvalue weighted by atomic mass is 16.6. The van der Waals surface area contributed by atoms with E-state index in [9.17, 15) is 9.59 Å². The molecule has 0 aliphatic carbocycles. The molecule has 1 aliphatic heterocycles. The van der Waals surface area contributed by atoms with E-state index in [2.05, 4.69) is 5.11 Å². The van der Waals surface area contributed by atoms with E-state index < -0.39 is 29.6 Å².